The predicted molar refractivity (Wildman–Crippen MR) is 136 cm³/mol. The number of aromatic nitrogens is 2. The van der Waals surface area contributed by atoms with Crippen molar-refractivity contribution in [1.82, 2.24) is 20.6 Å². The average Bonchev–Trinajstić information content (AvgIpc) is 2.88. The highest BCUT2D eigenvalue weighted by atomic mass is 16.1. The number of nitrogens with zero attached hydrogens (tertiary/aromatic N) is 2. The van der Waals surface area contributed by atoms with E-state index in [2.05, 4.69) is 31.6 Å². The Kier molecular flexibility index (Phi) is 7.43. The summed E-state index contributed by atoms with van der Waals surface area (Å²) in [6.07, 6.45) is 3.38. The second kappa shape index (κ2) is 10.7. The average molecular weight is 460 g/mol. The molecule has 0 spiro atoms. The quantitative estimate of drug-likeness (QED) is 0.505. The fourth-order valence-corrected chi connectivity index (χ4v) is 4.35. The maximum Gasteiger partial charge on any atom is 0.253 e. The molecule has 7 nitrogen and oxygen atoms in total. The molecular weight excluding hydrogens is 426 g/mol. The smallest absolute Gasteiger partial charge is 0.253 e. The first-order chi connectivity index (χ1) is 16.5. The van der Waals surface area contributed by atoms with Crippen molar-refractivity contribution in [2.24, 2.45) is 0 Å². The van der Waals surface area contributed by atoms with Crippen LogP contribution < -0.4 is 21.1 Å². The van der Waals surface area contributed by atoms with Crippen molar-refractivity contribution in [3.05, 3.63) is 80.9 Å². The first-order valence-electron chi connectivity index (χ1n) is 12.0. The van der Waals surface area contributed by atoms with Crippen molar-refractivity contribution >= 4 is 11.7 Å². The van der Waals surface area contributed by atoms with E-state index in [1.165, 1.54) is 0 Å². The molecule has 0 unspecified atom stereocenters. The zero-order valence-electron chi connectivity index (χ0n) is 20.2. The van der Waals surface area contributed by atoms with Gasteiger partial charge in [0.2, 0.25) is 0 Å². The summed E-state index contributed by atoms with van der Waals surface area (Å²) < 4.78 is 0. The van der Waals surface area contributed by atoms with Gasteiger partial charge in [-0.05, 0) is 60.7 Å². The lowest BCUT2D eigenvalue weighted by Crippen LogP contribution is -2.43. The number of carbonyl (C=O) groups excluding carboxylic acids is 1. The van der Waals surface area contributed by atoms with Gasteiger partial charge in [-0.1, -0.05) is 26.0 Å². The van der Waals surface area contributed by atoms with Crippen molar-refractivity contribution in [2.75, 3.05) is 31.1 Å². The SMILES string of the molecule is CCc1cc(CC)c(CNC(=O)c2cc(-c3ccc(N4CCNCC4)nc3)ccc2C)c(=O)[nH]1. The maximum absolute atomic E-state index is 13.1. The summed E-state index contributed by atoms with van der Waals surface area (Å²) in [4.78, 5) is 35.5. The second-order valence-electron chi connectivity index (χ2n) is 8.69. The third kappa shape index (κ3) is 5.20. The van der Waals surface area contributed by atoms with Gasteiger partial charge < -0.3 is 20.5 Å². The summed E-state index contributed by atoms with van der Waals surface area (Å²) in [5.41, 5.74) is 5.77. The van der Waals surface area contributed by atoms with Crippen LogP contribution in [0.1, 0.15) is 46.6 Å². The van der Waals surface area contributed by atoms with E-state index in [-0.39, 0.29) is 18.0 Å². The number of aryl methyl sites for hydroxylation is 3. The molecule has 34 heavy (non-hydrogen) atoms. The molecule has 1 fully saturated rings. The molecule has 1 amide bonds. The Hall–Kier alpha value is -3.45. The molecular formula is C27H33N5O2. The highest BCUT2D eigenvalue weighted by Crippen LogP contribution is 2.24. The largest absolute Gasteiger partial charge is 0.354 e. The lowest BCUT2D eigenvalue weighted by molar-refractivity contribution is 0.0950. The number of hydrogen-bond acceptors (Lipinski definition) is 5. The maximum atomic E-state index is 13.1. The van der Waals surface area contributed by atoms with Gasteiger partial charge in [0.1, 0.15) is 5.82 Å². The van der Waals surface area contributed by atoms with Crippen LogP contribution >= 0.6 is 0 Å². The van der Waals surface area contributed by atoms with Gasteiger partial charge in [-0.3, -0.25) is 9.59 Å². The minimum atomic E-state index is -0.189. The number of rotatable bonds is 7. The van der Waals surface area contributed by atoms with Crippen molar-refractivity contribution < 1.29 is 4.79 Å². The van der Waals surface area contributed by atoms with Gasteiger partial charge in [-0.15, -0.1) is 0 Å². The minimum absolute atomic E-state index is 0.127. The standard InChI is InChI=1S/C27H33N5O2/c1-4-19-14-22(5-2)31-27(34)24(19)17-30-26(33)23-15-20(7-6-18(23)3)21-8-9-25(29-16-21)32-12-10-28-11-13-32/h6-9,14-16,28H,4-5,10-13,17H2,1-3H3,(H,30,33)(H,31,34). The number of carbonyl (C=O) groups is 1. The molecule has 1 aliphatic heterocycles. The third-order valence-corrected chi connectivity index (χ3v) is 6.48. The van der Waals surface area contributed by atoms with Crippen LogP contribution in [0.15, 0.2) is 47.4 Å². The Balaban J connectivity index is 1.51. The summed E-state index contributed by atoms with van der Waals surface area (Å²) in [5, 5.41) is 6.31. The van der Waals surface area contributed by atoms with E-state index in [0.29, 0.717) is 11.1 Å². The van der Waals surface area contributed by atoms with E-state index < -0.39 is 0 Å². The Morgan fingerprint density at radius 3 is 2.50 bits per heavy atom. The van der Waals surface area contributed by atoms with Gasteiger partial charge in [-0.25, -0.2) is 4.98 Å². The van der Waals surface area contributed by atoms with Crippen LogP contribution in [-0.2, 0) is 19.4 Å². The molecule has 0 aliphatic carbocycles. The van der Waals surface area contributed by atoms with Crippen molar-refractivity contribution in [2.45, 2.75) is 40.2 Å². The van der Waals surface area contributed by atoms with Crippen LogP contribution in [-0.4, -0.2) is 42.1 Å². The molecule has 178 valence electrons. The molecule has 3 N–H and O–H groups in total. The van der Waals surface area contributed by atoms with Gasteiger partial charge >= 0.3 is 0 Å². The molecule has 1 aliphatic rings. The molecule has 4 rings (SSSR count). The predicted octanol–water partition coefficient (Wildman–Crippen LogP) is 3.21. The molecule has 0 atom stereocenters. The molecule has 0 saturated carbocycles. The number of nitrogens with one attached hydrogen (secondary N) is 3. The Morgan fingerprint density at radius 1 is 1.06 bits per heavy atom. The fourth-order valence-electron chi connectivity index (χ4n) is 4.35. The summed E-state index contributed by atoms with van der Waals surface area (Å²) in [6, 6.07) is 12.0. The minimum Gasteiger partial charge on any atom is -0.354 e. The topological polar surface area (TPSA) is 90.1 Å². The Morgan fingerprint density at radius 2 is 1.82 bits per heavy atom. The molecule has 3 aromatic rings. The van der Waals surface area contributed by atoms with Gasteiger partial charge in [0, 0.05) is 61.3 Å². The number of benzene rings is 1. The summed E-state index contributed by atoms with van der Waals surface area (Å²) in [5.74, 6) is 0.784. The Labute approximate surface area is 200 Å². The van der Waals surface area contributed by atoms with Gasteiger partial charge in [0.05, 0.1) is 0 Å². The zero-order valence-corrected chi connectivity index (χ0v) is 20.2. The normalized spacial score (nSPS) is 13.7. The van der Waals surface area contributed by atoms with Crippen molar-refractivity contribution in [1.29, 1.82) is 0 Å². The van der Waals surface area contributed by atoms with E-state index in [9.17, 15) is 9.59 Å². The van der Waals surface area contributed by atoms with Crippen molar-refractivity contribution in [3.8, 4) is 11.1 Å². The molecule has 7 heteroatoms. The van der Waals surface area contributed by atoms with E-state index >= 15 is 0 Å². The number of H-pyrrole nitrogens is 1. The van der Waals surface area contributed by atoms with Crippen LogP contribution in [0.3, 0.4) is 0 Å². The number of anilines is 1. The van der Waals surface area contributed by atoms with Crippen LogP contribution in [0.2, 0.25) is 0 Å². The van der Waals surface area contributed by atoms with E-state index in [0.717, 1.165) is 72.8 Å². The molecule has 1 aromatic carbocycles. The zero-order chi connectivity index (χ0) is 24.1. The molecule has 3 heterocycles. The number of pyridine rings is 2. The number of aromatic amines is 1. The van der Waals surface area contributed by atoms with Gasteiger partial charge in [-0.2, -0.15) is 0 Å². The summed E-state index contributed by atoms with van der Waals surface area (Å²) >= 11 is 0. The molecule has 0 bridgehead atoms. The van der Waals surface area contributed by atoms with Crippen molar-refractivity contribution in [3.63, 3.8) is 0 Å². The molecule has 2 aromatic heterocycles. The van der Waals surface area contributed by atoms with Crippen LogP contribution in [0.4, 0.5) is 5.82 Å². The van der Waals surface area contributed by atoms with Gasteiger partial charge in [0.25, 0.3) is 11.5 Å². The van der Waals surface area contributed by atoms with E-state index in [1.807, 2.05) is 57.3 Å². The van der Waals surface area contributed by atoms with Crippen LogP contribution in [0.25, 0.3) is 11.1 Å². The highest BCUT2D eigenvalue weighted by molar-refractivity contribution is 5.96. The van der Waals surface area contributed by atoms with Gasteiger partial charge in [0.15, 0.2) is 0 Å². The van der Waals surface area contributed by atoms with Crippen LogP contribution in [0, 0.1) is 6.92 Å². The van der Waals surface area contributed by atoms with E-state index in [4.69, 9.17) is 0 Å². The lowest BCUT2D eigenvalue weighted by Gasteiger charge is -2.28. The molecule has 1 saturated heterocycles. The summed E-state index contributed by atoms with van der Waals surface area (Å²) in [7, 11) is 0. The van der Waals surface area contributed by atoms with Crippen LogP contribution in [0.5, 0.6) is 0 Å². The monoisotopic (exact) mass is 459 g/mol. The first kappa shape index (κ1) is 23.7. The number of piperazine rings is 1. The number of hydrogen-bond donors (Lipinski definition) is 3. The third-order valence-electron chi connectivity index (χ3n) is 6.48. The molecule has 0 radical (unpaired) electrons. The first-order valence-corrected chi connectivity index (χ1v) is 12.0. The highest BCUT2D eigenvalue weighted by Gasteiger charge is 2.15. The number of amides is 1. The second-order valence-corrected chi connectivity index (χ2v) is 8.69. The van der Waals surface area contributed by atoms with E-state index in [1.54, 1.807) is 0 Å². The Bertz CT molecular complexity index is 1210. The lowest BCUT2D eigenvalue weighted by atomic mass is 10.00. The summed E-state index contributed by atoms with van der Waals surface area (Å²) in [6.45, 7) is 9.99. The fraction of sp³-hybridized carbons (Fsp3) is 0.370.